The molecule has 114 valence electrons. The molecule has 0 saturated carbocycles. The maximum Gasteiger partial charge on any atom is 0.0193 e. The molecule has 0 radical (unpaired) electrons. The number of hydrogen-bond donors (Lipinski definition) is 0. The van der Waals surface area contributed by atoms with Crippen LogP contribution in [-0.4, -0.2) is 4.86 Å². The van der Waals surface area contributed by atoms with Gasteiger partial charge in [0.05, 0.1) is 0 Å². The average Bonchev–Trinajstić information content (AvgIpc) is 2.52. The van der Waals surface area contributed by atoms with Gasteiger partial charge in [0, 0.05) is 4.86 Å². The Morgan fingerprint density at radius 2 is 1.48 bits per heavy atom. The Balaban J connectivity index is 0.000000885. The van der Waals surface area contributed by atoms with E-state index in [1.165, 1.54) is 29.6 Å². The van der Waals surface area contributed by atoms with E-state index in [1.807, 2.05) is 13.0 Å². The first kappa shape index (κ1) is 19.5. The van der Waals surface area contributed by atoms with E-state index in [4.69, 9.17) is 12.2 Å². The van der Waals surface area contributed by atoms with Gasteiger partial charge in [0.25, 0.3) is 0 Å². The molecule has 0 unspecified atom stereocenters. The second kappa shape index (κ2) is 11.2. The van der Waals surface area contributed by atoms with Gasteiger partial charge in [-0.05, 0) is 43.0 Å². The Labute approximate surface area is 136 Å². The molecule has 0 bridgehead atoms. The molecular weight excluding hydrogens is 272 g/mol. The van der Waals surface area contributed by atoms with E-state index in [9.17, 15) is 0 Å². The van der Waals surface area contributed by atoms with Crippen molar-refractivity contribution < 1.29 is 0 Å². The Morgan fingerprint density at radius 1 is 1.00 bits per heavy atom. The summed E-state index contributed by atoms with van der Waals surface area (Å²) < 4.78 is 0. The van der Waals surface area contributed by atoms with Crippen molar-refractivity contribution in [1.82, 2.24) is 0 Å². The number of thiocarbonyl (C=S) groups is 1. The summed E-state index contributed by atoms with van der Waals surface area (Å²) >= 11 is 5.15. The molecular formula is C20H28S. The van der Waals surface area contributed by atoms with Crippen LogP contribution in [0.1, 0.15) is 58.6 Å². The van der Waals surface area contributed by atoms with Gasteiger partial charge in [-0.2, -0.15) is 0 Å². The van der Waals surface area contributed by atoms with Gasteiger partial charge < -0.3 is 0 Å². The summed E-state index contributed by atoms with van der Waals surface area (Å²) in [7, 11) is 0. The van der Waals surface area contributed by atoms with Crippen LogP contribution in [0.3, 0.4) is 0 Å². The van der Waals surface area contributed by atoms with Crippen molar-refractivity contribution in [2.24, 2.45) is 0 Å². The maximum absolute atomic E-state index is 5.15. The summed E-state index contributed by atoms with van der Waals surface area (Å²) in [4.78, 5) is 0.932. The normalized spacial score (nSPS) is 11.5. The van der Waals surface area contributed by atoms with Gasteiger partial charge in [0.1, 0.15) is 0 Å². The van der Waals surface area contributed by atoms with Crippen molar-refractivity contribution in [2.75, 3.05) is 0 Å². The lowest BCUT2D eigenvalue weighted by atomic mass is 10.00. The van der Waals surface area contributed by atoms with E-state index in [0.717, 1.165) is 10.4 Å². The standard InChI is InChI=1S/C16H18S.C4H10/c1-5-6-7-12(2)13(3)15-8-10-16(11-9-15)14(4)17;1-3-4-2/h5-11H,1H2,2-4H3;3-4H2,1-2H3/b7-6-,13-12+;. The number of benzene rings is 1. The van der Waals surface area contributed by atoms with E-state index in [0.29, 0.717) is 0 Å². The van der Waals surface area contributed by atoms with Gasteiger partial charge >= 0.3 is 0 Å². The second-order valence-electron chi connectivity index (χ2n) is 5.04. The molecule has 0 fully saturated rings. The lowest BCUT2D eigenvalue weighted by molar-refractivity contribution is 0.886. The lowest BCUT2D eigenvalue weighted by Crippen LogP contribution is -1.90. The Hall–Kier alpha value is -1.47. The molecule has 1 aromatic carbocycles. The van der Waals surface area contributed by atoms with E-state index < -0.39 is 0 Å². The van der Waals surface area contributed by atoms with Crippen molar-refractivity contribution in [3.63, 3.8) is 0 Å². The zero-order valence-corrected chi connectivity index (χ0v) is 14.9. The van der Waals surface area contributed by atoms with Crippen molar-refractivity contribution in [3.05, 3.63) is 65.8 Å². The molecule has 0 aliphatic heterocycles. The Kier molecular flexibility index (Phi) is 10.4. The van der Waals surface area contributed by atoms with E-state index >= 15 is 0 Å². The monoisotopic (exact) mass is 300 g/mol. The lowest BCUT2D eigenvalue weighted by Gasteiger charge is -2.06. The number of rotatable bonds is 5. The van der Waals surface area contributed by atoms with Crippen LogP contribution in [0.15, 0.2) is 54.6 Å². The molecule has 1 aromatic rings. The molecule has 1 rings (SSSR count). The first-order valence-corrected chi connectivity index (χ1v) is 7.96. The fraction of sp³-hybridized carbons (Fsp3) is 0.350. The number of unbranched alkanes of at least 4 members (excludes halogenated alkanes) is 1. The molecule has 0 heterocycles. The quantitative estimate of drug-likeness (QED) is 0.328. The molecule has 0 aromatic heterocycles. The van der Waals surface area contributed by atoms with Crippen LogP contribution in [-0.2, 0) is 0 Å². The van der Waals surface area contributed by atoms with Crippen LogP contribution >= 0.6 is 12.2 Å². The predicted octanol–water partition coefficient (Wildman–Crippen LogP) is 6.77. The summed E-state index contributed by atoms with van der Waals surface area (Å²) in [5.41, 5.74) is 4.88. The van der Waals surface area contributed by atoms with E-state index in [1.54, 1.807) is 6.08 Å². The van der Waals surface area contributed by atoms with Crippen molar-refractivity contribution in [1.29, 1.82) is 0 Å². The van der Waals surface area contributed by atoms with Gasteiger partial charge in [0.2, 0.25) is 0 Å². The minimum Gasteiger partial charge on any atom is -0.0991 e. The average molecular weight is 301 g/mol. The third-order valence-electron chi connectivity index (χ3n) is 3.30. The van der Waals surface area contributed by atoms with Gasteiger partial charge in [-0.25, -0.2) is 0 Å². The van der Waals surface area contributed by atoms with Crippen molar-refractivity contribution in [3.8, 4) is 0 Å². The SMILES string of the molecule is C=C/C=C\C(C)=C(/C)c1ccc(C(C)=S)cc1.CCCC. The second-order valence-corrected chi connectivity index (χ2v) is 5.65. The van der Waals surface area contributed by atoms with Crippen molar-refractivity contribution >= 4 is 22.7 Å². The summed E-state index contributed by atoms with van der Waals surface area (Å²) in [6, 6.07) is 8.38. The highest BCUT2D eigenvalue weighted by Gasteiger charge is 2.00. The third-order valence-corrected chi connectivity index (χ3v) is 3.53. The van der Waals surface area contributed by atoms with Gasteiger partial charge in [-0.15, -0.1) is 0 Å². The molecule has 21 heavy (non-hydrogen) atoms. The third kappa shape index (κ3) is 7.77. The highest BCUT2D eigenvalue weighted by atomic mass is 32.1. The molecule has 1 heteroatoms. The summed E-state index contributed by atoms with van der Waals surface area (Å²) in [6.45, 7) is 14.2. The molecule has 0 spiro atoms. The van der Waals surface area contributed by atoms with Crippen LogP contribution in [0.5, 0.6) is 0 Å². The van der Waals surface area contributed by atoms with Crippen molar-refractivity contribution in [2.45, 2.75) is 47.5 Å². The van der Waals surface area contributed by atoms with Crippen LogP contribution in [0.4, 0.5) is 0 Å². The first-order chi connectivity index (χ1) is 9.97. The molecule has 0 saturated heterocycles. The van der Waals surface area contributed by atoms with Gasteiger partial charge in [-0.1, -0.05) is 88.0 Å². The Morgan fingerprint density at radius 3 is 1.86 bits per heavy atom. The Bertz CT molecular complexity index is 499. The summed E-state index contributed by atoms with van der Waals surface area (Å²) in [5, 5.41) is 0. The van der Waals surface area contributed by atoms with Crippen LogP contribution in [0.2, 0.25) is 0 Å². The molecule has 0 nitrogen and oxygen atoms in total. The molecule has 0 aliphatic carbocycles. The van der Waals surface area contributed by atoms with Crippen LogP contribution in [0.25, 0.3) is 5.57 Å². The first-order valence-electron chi connectivity index (χ1n) is 7.55. The zero-order valence-electron chi connectivity index (χ0n) is 14.1. The van der Waals surface area contributed by atoms with E-state index in [2.05, 4.69) is 64.6 Å². The number of allylic oxidation sites excluding steroid dienone is 5. The fourth-order valence-electron chi connectivity index (χ4n) is 1.52. The molecule has 0 aliphatic rings. The molecule has 0 amide bonds. The van der Waals surface area contributed by atoms with E-state index in [-0.39, 0.29) is 0 Å². The number of hydrogen-bond acceptors (Lipinski definition) is 1. The minimum atomic E-state index is 0.932. The smallest absolute Gasteiger partial charge is 0.0193 e. The topological polar surface area (TPSA) is 0 Å². The summed E-state index contributed by atoms with van der Waals surface area (Å²) in [6.07, 6.45) is 8.45. The minimum absolute atomic E-state index is 0.932. The fourth-order valence-corrected chi connectivity index (χ4v) is 1.66. The molecule has 0 atom stereocenters. The zero-order chi connectivity index (χ0) is 16.3. The van der Waals surface area contributed by atoms with Gasteiger partial charge in [-0.3, -0.25) is 0 Å². The maximum atomic E-state index is 5.15. The van der Waals surface area contributed by atoms with Gasteiger partial charge in [0.15, 0.2) is 0 Å². The molecule has 0 N–H and O–H groups in total. The highest BCUT2D eigenvalue weighted by molar-refractivity contribution is 7.80. The highest BCUT2D eigenvalue weighted by Crippen LogP contribution is 2.19. The van der Waals surface area contributed by atoms with Crippen LogP contribution < -0.4 is 0 Å². The summed E-state index contributed by atoms with van der Waals surface area (Å²) in [5.74, 6) is 0. The van der Waals surface area contributed by atoms with Crippen LogP contribution in [0, 0.1) is 0 Å². The predicted molar refractivity (Wildman–Crippen MR) is 102 cm³/mol. The largest absolute Gasteiger partial charge is 0.0991 e.